The number of aromatic nitrogens is 1. The molecule has 0 aromatic carbocycles. The number of pyridine rings is 1. The van der Waals surface area contributed by atoms with Gasteiger partial charge in [-0.25, -0.2) is 4.79 Å². The summed E-state index contributed by atoms with van der Waals surface area (Å²) in [6.07, 6.45) is 3.25. The quantitative estimate of drug-likeness (QED) is 0.743. The van der Waals surface area contributed by atoms with Crippen LogP contribution in [0.4, 0.5) is 4.79 Å². The monoisotopic (exact) mass is 201 g/mol. The lowest BCUT2D eigenvalue weighted by molar-refractivity contribution is 0.255. The molecule has 6 heteroatoms. The van der Waals surface area contributed by atoms with Crippen molar-refractivity contribution in [3.63, 3.8) is 0 Å². The van der Waals surface area contributed by atoms with Crippen LogP contribution in [0.3, 0.4) is 0 Å². The topological polar surface area (TPSA) is 93.1 Å². The SMILES string of the molecule is NC1=NC(=O)N=NC1=Cc1ccccn1. The molecule has 0 radical (unpaired) electrons. The van der Waals surface area contributed by atoms with Crippen LogP contribution in [0.25, 0.3) is 6.08 Å². The van der Waals surface area contributed by atoms with Gasteiger partial charge in [-0.2, -0.15) is 4.99 Å². The summed E-state index contributed by atoms with van der Waals surface area (Å²) < 4.78 is 0. The summed E-state index contributed by atoms with van der Waals surface area (Å²) in [5, 5.41) is 6.91. The van der Waals surface area contributed by atoms with Crippen LogP contribution in [-0.2, 0) is 0 Å². The summed E-state index contributed by atoms with van der Waals surface area (Å²) in [6.45, 7) is 0. The molecule has 2 N–H and O–H groups in total. The average molecular weight is 201 g/mol. The fourth-order valence-electron chi connectivity index (χ4n) is 1.03. The molecule has 0 spiro atoms. The molecular weight excluding hydrogens is 194 g/mol. The highest BCUT2D eigenvalue weighted by Crippen LogP contribution is 2.10. The summed E-state index contributed by atoms with van der Waals surface area (Å²) in [5.41, 5.74) is 6.52. The molecule has 0 fully saturated rings. The van der Waals surface area contributed by atoms with Crippen LogP contribution in [-0.4, -0.2) is 16.9 Å². The number of amidine groups is 1. The van der Waals surface area contributed by atoms with E-state index in [0.29, 0.717) is 11.4 Å². The number of hydrogen-bond acceptors (Lipinski definition) is 4. The normalized spacial score (nSPS) is 18.0. The summed E-state index contributed by atoms with van der Waals surface area (Å²) in [6, 6.07) is 4.72. The molecule has 1 aliphatic rings. The van der Waals surface area contributed by atoms with Gasteiger partial charge in [-0.1, -0.05) is 11.2 Å². The molecule has 1 aromatic heterocycles. The van der Waals surface area contributed by atoms with Crippen LogP contribution >= 0.6 is 0 Å². The van der Waals surface area contributed by atoms with Gasteiger partial charge in [-0.3, -0.25) is 4.98 Å². The first-order valence-corrected chi connectivity index (χ1v) is 4.19. The van der Waals surface area contributed by atoms with E-state index in [1.165, 1.54) is 0 Å². The van der Waals surface area contributed by atoms with Gasteiger partial charge >= 0.3 is 6.03 Å². The molecule has 74 valence electrons. The predicted octanol–water partition coefficient (Wildman–Crippen LogP) is 1.37. The number of carbonyl (C=O) groups excluding carboxylic acids is 1. The second kappa shape index (κ2) is 3.79. The van der Waals surface area contributed by atoms with Crippen LogP contribution in [0.5, 0.6) is 0 Å². The Kier molecular flexibility index (Phi) is 2.32. The summed E-state index contributed by atoms with van der Waals surface area (Å²) in [7, 11) is 0. The van der Waals surface area contributed by atoms with Crippen molar-refractivity contribution in [2.24, 2.45) is 21.0 Å². The molecule has 15 heavy (non-hydrogen) atoms. The summed E-state index contributed by atoms with van der Waals surface area (Å²) >= 11 is 0. The maximum absolute atomic E-state index is 10.7. The minimum absolute atomic E-state index is 0.0562. The number of nitrogens with zero attached hydrogens (tertiary/aromatic N) is 4. The van der Waals surface area contributed by atoms with Gasteiger partial charge in [0.25, 0.3) is 0 Å². The highest BCUT2D eigenvalue weighted by molar-refractivity contribution is 6.07. The van der Waals surface area contributed by atoms with Gasteiger partial charge in [0.1, 0.15) is 5.70 Å². The third-order valence-electron chi connectivity index (χ3n) is 1.69. The maximum atomic E-state index is 10.7. The molecule has 0 saturated heterocycles. The molecule has 1 aliphatic heterocycles. The van der Waals surface area contributed by atoms with E-state index in [1.54, 1.807) is 24.4 Å². The maximum Gasteiger partial charge on any atom is 0.387 e. The molecule has 0 saturated carbocycles. The van der Waals surface area contributed by atoms with Gasteiger partial charge in [0.05, 0.1) is 5.69 Å². The number of urea groups is 1. The lowest BCUT2D eigenvalue weighted by Crippen LogP contribution is -2.17. The Morgan fingerprint density at radius 3 is 2.80 bits per heavy atom. The van der Waals surface area contributed by atoms with E-state index < -0.39 is 6.03 Å². The number of aliphatic imine (C=N–C) groups is 1. The zero-order valence-electron chi connectivity index (χ0n) is 7.66. The Bertz CT molecular complexity index is 475. The van der Waals surface area contributed by atoms with E-state index in [9.17, 15) is 4.79 Å². The van der Waals surface area contributed by atoms with E-state index >= 15 is 0 Å². The zero-order valence-corrected chi connectivity index (χ0v) is 7.66. The number of azo groups is 1. The van der Waals surface area contributed by atoms with E-state index in [0.717, 1.165) is 0 Å². The van der Waals surface area contributed by atoms with Gasteiger partial charge < -0.3 is 5.73 Å². The molecule has 2 rings (SSSR count). The highest BCUT2D eigenvalue weighted by atomic mass is 16.2. The van der Waals surface area contributed by atoms with Gasteiger partial charge in [0.15, 0.2) is 5.84 Å². The van der Waals surface area contributed by atoms with E-state index in [2.05, 4.69) is 20.2 Å². The Labute approximate surface area is 85.3 Å². The zero-order chi connectivity index (χ0) is 10.7. The Balaban J connectivity index is 2.33. The molecule has 1 aromatic rings. The molecule has 0 bridgehead atoms. The second-order valence-corrected chi connectivity index (χ2v) is 2.76. The third kappa shape index (κ3) is 2.11. The van der Waals surface area contributed by atoms with Crippen molar-refractivity contribution >= 4 is 17.9 Å². The first kappa shape index (κ1) is 9.20. The molecule has 0 atom stereocenters. The van der Waals surface area contributed by atoms with Crippen LogP contribution in [0.2, 0.25) is 0 Å². The van der Waals surface area contributed by atoms with Crippen LogP contribution in [0.15, 0.2) is 45.3 Å². The van der Waals surface area contributed by atoms with Gasteiger partial charge in [-0.05, 0) is 18.2 Å². The minimum atomic E-state index is -0.689. The van der Waals surface area contributed by atoms with Crippen molar-refractivity contribution in [2.45, 2.75) is 0 Å². The van der Waals surface area contributed by atoms with Gasteiger partial charge in [-0.15, -0.1) is 5.11 Å². The number of hydrogen-bond donors (Lipinski definition) is 1. The minimum Gasteiger partial charge on any atom is -0.382 e. The van der Waals surface area contributed by atoms with E-state index in [4.69, 9.17) is 5.73 Å². The average Bonchev–Trinajstić information content (AvgIpc) is 2.24. The largest absolute Gasteiger partial charge is 0.387 e. The Hall–Kier alpha value is -2.37. The van der Waals surface area contributed by atoms with Crippen molar-refractivity contribution in [1.82, 2.24) is 4.98 Å². The van der Waals surface area contributed by atoms with Crippen molar-refractivity contribution in [1.29, 1.82) is 0 Å². The predicted molar refractivity (Wildman–Crippen MR) is 54.1 cm³/mol. The van der Waals surface area contributed by atoms with Gasteiger partial charge in [0, 0.05) is 6.20 Å². The Morgan fingerprint density at radius 1 is 1.27 bits per heavy atom. The highest BCUT2D eigenvalue weighted by Gasteiger charge is 2.11. The van der Waals surface area contributed by atoms with Crippen LogP contribution in [0.1, 0.15) is 5.69 Å². The molecule has 2 amide bonds. The fraction of sp³-hybridized carbons (Fsp3) is 0. The summed E-state index contributed by atoms with van der Waals surface area (Å²) in [5.74, 6) is 0.0562. The van der Waals surface area contributed by atoms with Crippen molar-refractivity contribution in [2.75, 3.05) is 0 Å². The van der Waals surface area contributed by atoms with Crippen molar-refractivity contribution in [3.05, 3.63) is 35.8 Å². The standard InChI is InChI=1S/C9H7N5O/c10-8-7(13-14-9(15)12-8)5-6-3-1-2-4-11-6/h1-5H,(H2,10,12,15). The molecule has 6 nitrogen and oxygen atoms in total. The van der Waals surface area contributed by atoms with E-state index in [1.807, 2.05) is 6.07 Å². The number of nitrogens with two attached hydrogens (primary N) is 1. The first-order chi connectivity index (χ1) is 7.25. The number of carbonyl (C=O) groups is 1. The van der Waals surface area contributed by atoms with Gasteiger partial charge in [0.2, 0.25) is 0 Å². The smallest absolute Gasteiger partial charge is 0.382 e. The van der Waals surface area contributed by atoms with Crippen LogP contribution in [0, 0.1) is 0 Å². The van der Waals surface area contributed by atoms with E-state index in [-0.39, 0.29) is 5.84 Å². The second-order valence-electron chi connectivity index (χ2n) is 2.76. The van der Waals surface area contributed by atoms with Crippen molar-refractivity contribution in [3.8, 4) is 0 Å². The summed E-state index contributed by atoms with van der Waals surface area (Å²) in [4.78, 5) is 18.2. The number of rotatable bonds is 1. The van der Waals surface area contributed by atoms with Crippen molar-refractivity contribution < 1.29 is 4.79 Å². The lowest BCUT2D eigenvalue weighted by atomic mass is 10.3. The number of amides is 2. The lowest BCUT2D eigenvalue weighted by Gasteiger charge is -2.02. The first-order valence-electron chi connectivity index (χ1n) is 4.19. The molecule has 0 aliphatic carbocycles. The van der Waals surface area contributed by atoms with Crippen LogP contribution < -0.4 is 5.73 Å². The fourth-order valence-corrected chi connectivity index (χ4v) is 1.03. The Morgan fingerprint density at radius 2 is 2.13 bits per heavy atom. The molecule has 2 heterocycles. The molecular formula is C9H7N5O. The third-order valence-corrected chi connectivity index (χ3v) is 1.69. The molecule has 0 unspecified atom stereocenters.